The van der Waals surface area contributed by atoms with Gasteiger partial charge in [-0.2, -0.15) is 0 Å². The van der Waals surface area contributed by atoms with Crippen molar-refractivity contribution in [3.05, 3.63) is 0 Å². The molecule has 1 aliphatic rings. The second-order valence-electron chi connectivity index (χ2n) is 3.02. The number of nitrogens with two attached hydrogens (primary N) is 1. The molecule has 1 heterocycles. The normalized spacial score (nSPS) is 36.9. The molecule has 1 saturated heterocycles. The molecule has 1 amide bonds. The number of hydrogen-bond acceptors (Lipinski definition) is 2. The van der Waals surface area contributed by atoms with Crippen molar-refractivity contribution in [2.75, 3.05) is 0 Å². The van der Waals surface area contributed by atoms with E-state index in [1.807, 2.05) is 0 Å². The van der Waals surface area contributed by atoms with E-state index in [1.165, 1.54) is 6.92 Å². The Morgan fingerprint density at radius 1 is 1.82 bits per heavy atom. The minimum atomic E-state index is -2.45. The summed E-state index contributed by atoms with van der Waals surface area (Å²) in [4.78, 5) is 10.4. The molecule has 0 aromatic rings. The molecule has 2 unspecified atom stereocenters. The molecule has 3 N–H and O–H groups in total. The second-order valence-corrected chi connectivity index (χ2v) is 3.02. The van der Waals surface area contributed by atoms with E-state index >= 15 is 0 Å². The zero-order valence-electron chi connectivity index (χ0n) is 6.10. The number of hydrogen-bond donors (Lipinski definition) is 2. The Balaban J connectivity index is 2.44. The number of nitrogens with one attached hydrogen (secondary N) is 1. The molecule has 1 aliphatic heterocycles. The number of rotatable bonds is 2. The molecular weight excluding hydrogens is 154 g/mol. The molecular formula is C6H10F2N2O. The molecule has 64 valence electrons. The Morgan fingerprint density at radius 3 is 2.55 bits per heavy atom. The molecule has 3 nitrogen and oxygen atoms in total. The lowest BCUT2D eigenvalue weighted by Crippen LogP contribution is -2.69. The molecule has 1 fully saturated rings. The van der Waals surface area contributed by atoms with Crippen molar-refractivity contribution >= 4 is 5.91 Å². The van der Waals surface area contributed by atoms with Gasteiger partial charge in [0.1, 0.15) is 0 Å². The van der Waals surface area contributed by atoms with Gasteiger partial charge in [-0.3, -0.25) is 10.1 Å². The van der Waals surface area contributed by atoms with E-state index in [4.69, 9.17) is 5.73 Å². The van der Waals surface area contributed by atoms with Crippen LogP contribution in [0.4, 0.5) is 8.78 Å². The minimum Gasteiger partial charge on any atom is -0.368 e. The van der Waals surface area contributed by atoms with E-state index in [0.717, 1.165) is 0 Å². The van der Waals surface area contributed by atoms with E-state index in [1.54, 1.807) is 0 Å². The fourth-order valence-electron chi connectivity index (χ4n) is 1.12. The maximum Gasteiger partial charge on any atom is 0.256 e. The zero-order valence-corrected chi connectivity index (χ0v) is 6.10. The fraction of sp³-hybridized carbons (Fsp3) is 0.833. The third kappa shape index (κ3) is 1.33. The van der Waals surface area contributed by atoms with Gasteiger partial charge >= 0.3 is 0 Å². The van der Waals surface area contributed by atoms with E-state index in [-0.39, 0.29) is 6.42 Å². The monoisotopic (exact) mass is 164 g/mol. The first kappa shape index (κ1) is 8.39. The number of alkyl halides is 2. The number of primary amides is 1. The molecule has 2 atom stereocenters. The highest BCUT2D eigenvalue weighted by atomic mass is 19.3. The average Bonchev–Trinajstić information content (AvgIpc) is 1.79. The topological polar surface area (TPSA) is 55.1 Å². The van der Waals surface area contributed by atoms with Crippen molar-refractivity contribution in [2.24, 2.45) is 5.73 Å². The molecule has 5 heteroatoms. The van der Waals surface area contributed by atoms with Crippen molar-refractivity contribution in [3.8, 4) is 0 Å². The third-order valence-corrected chi connectivity index (χ3v) is 1.96. The Bertz CT molecular complexity index is 177. The molecule has 0 aromatic carbocycles. The first-order valence-electron chi connectivity index (χ1n) is 3.31. The van der Waals surface area contributed by atoms with E-state index in [9.17, 15) is 13.6 Å². The predicted molar refractivity (Wildman–Crippen MR) is 35.1 cm³/mol. The van der Waals surface area contributed by atoms with Crippen LogP contribution in [0.2, 0.25) is 0 Å². The van der Waals surface area contributed by atoms with E-state index in [2.05, 4.69) is 5.32 Å². The van der Waals surface area contributed by atoms with Crippen LogP contribution in [-0.4, -0.2) is 23.9 Å². The summed E-state index contributed by atoms with van der Waals surface area (Å²) in [5, 5.41) is 2.43. The van der Waals surface area contributed by atoms with Crippen LogP contribution in [0.1, 0.15) is 13.3 Å². The van der Waals surface area contributed by atoms with Gasteiger partial charge < -0.3 is 5.73 Å². The Kier molecular flexibility index (Phi) is 1.83. The molecule has 0 aliphatic carbocycles. The van der Waals surface area contributed by atoms with E-state index in [0.29, 0.717) is 0 Å². The van der Waals surface area contributed by atoms with Gasteiger partial charge in [-0.15, -0.1) is 0 Å². The summed E-state index contributed by atoms with van der Waals surface area (Å²) in [5.41, 5.74) is 3.66. The lowest BCUT2D eigenvalue weighted by molar-refractivity contribution is -0.127. The van der Waals surface area contributed by atoms with Gasteiger partial charge in [0, 0.05) is 0 Å². The van der Waals surface area contributed by atoms with Gasteiger partial charge in [0.2, 0.25) is 5.91 Å². The predicted octanol–water partition coefficient (Wildman–Crippen LogP) is -0.143. The van der Waals surface area contributed by atoms with Crippen molar-refractivity contribution in [3.63, 3.8) is 0 Å². The largest absolute Gasteiger partial charge is 0.368 e. The summed E-state index contributed by atoms with van der Waals surface area (Å²) >= 11 is 0. The summed E-state index contributed by atoms with van der Waals surface area (Å²) < 4.78 is 24.2. The van der Waals surface area contributed by atoms with Gasteiger partial charge in [0.05, 0.1) is 11.6 Å². The summed E-state index contributed by atoms with van der Waals surface area (Å²) in [6, 6.07) is -0.575. The van der Waals surface area contributed by atoms with Gasteiger partial charge in [-0.25, -0.2) is 8.78 Å². The molecule has 0 aromatic heterocycles. The first-order valence-corrected chi connectivity index (χ1v) is 3.31. The fourth-order valence-corrected chi connectivity index (χ4v) is 1.12. The average molecular weight is 164 g/mol. The minimum absolute atomic E-state index is 0.125. The molecule has 0 saturated carbocycles. The molecule has 11 heavy (non-hydrogen) atoms. The first-order chi connectivity index (χ1) is 4.96. The molecule has 0 bridgehead atoms. The summed E-state index contributed by atoms with van der Waals surface area (Å²) in [5.74, 6) is -0.567. The van der Waals surface area contributed by atoms with Gasteiger partial charge in [0.15, 0.2) is 0 Å². The highest BCUT2D eigenvalue weighted by Crippen LogP contribution is 2.29. The van der Waals surface area contributed by atoms with Crippen molar-refractivity contribution in [1.29, 1.82) is 0 Å². The van der Waals surface area contributed by atoms with Crippen LogP contribution in [0.3, 0.4) is 0 Å². The van der Waals surface area contributed by atoms with Crippen molar-refractivity contribution in [1.82, 2.24) is 5.32 Å². The maximum atomic E-state index is 12.1. The maximum absolute atomic E-state index is 12.1. The van der Waals surface area contributed by atoms with Crippen molar-refractivity contribution in [2.45, 2.75) is 31.4 Å². The number of carbonyl (C=O) groups is 1. The Labute approximate surface area is 62.9 Å². The van der Waals surface area contributed by atoms with Crippen LogP contribution in [0, 0.1) is 0 Å². The van der Waals surface area contributed by atoms with Gasteiger partial charge in [-0.1, -0.05) is 0 Å². The Hall–Kier alpha value is -0.710. The van der Waals surface area contributed by atoms with E-state index < -0.39 is 23.9 Å². The van der Waals surface area contributed by atoms with Gasteiger partial charge in [0.25, 0.3) is 6.43 Å². The van der Waals surface area contributed by atoms with Crippen LogP contribution >= 0.6 is 0 Å². The molecule has 0 spiro atoms. The van der Waals surface area contributed by atoms with Gasteiger partial charge in [-0.05, 0) is 13.3 Å². The zero-order chi connectivity index (χ0) is 8.65. The lowest BCUT2D eigenvalue weighted by Gasteiger charge is -2.44. The number of amides is 1. The SMILES string of the molecule is CC1(C(F)F)CC(C(N)=O)N1. The van der Waals surface area contributed by atoms with Crippen LogP contribution in [0.25, 0.3) is 0 Å². The summed E-state index contributed by atoms with van der Waals surface area (Å²) in [7, 11) is 0. The smallest absolute Gasteiger partial charge is 0.256 e. The van der Waals surface area contributed by atoms with Crippen LogP contribution in [-0.2, 0) is 4.79 Å². The van der Waals surface area contributed by atoms with Crippen LogP contribution in [0.15, 0.2) is 0 Å². The second kappa shape index (κ2) is 2.41. The lowest BCUT2D eigenvalue weighted by atomic mass is 9.83. The quantitative estimate of drug-likeness (QED) is 0.596. The van der Waals surface area contributed by atoms with Crippen LogP contribution < -0.4 is 11.1 Å². The molecule has 1 rings (SSSR count). The third-order valence-electron chi connectivity index (χ3n) is 1.96. The molecule has 0 radical (unpaired) electrons. The summed E-state index contributed by atoms with van der Waals surface area (Å²) in [6.07, 6.45) is -2.32. The van der Waals surface area contributed by atoms with Crippen LogP contribution in [0.5, 0.6) is 0 Å². The highest BCUT2D eigenvalue weighted by molar-refractivity contribution is 5.81. The number of carbonyl (C=O) groups excluding carboxylic acids is 1. The Morgan fingerprint density at radius 2 is 2.27 bits per heavy atom. The highest BCUT2D eigenvalue weighted by Gasteiger charge is 2.48. The summed E-state index contributed by atoms with van der Waals surface area (Å²) in [6.45, 7) is 1.37. The van der Waals surface area contributed by atoms with Crippen molar-refractivity contribution < 1.29 is 13.6 Å². The number of halogens is 2. The standard InChI is InChI=1S/C6H10F2N2O/c1-6(5(7)8)2-3(10-6)4(9)11/h3,5,10H,2H2,1H3,(H2,9,11).